The second-order valence-corrected chi connectivity index (χ2v) is 6.26. The molecule has 0 saturated carbocycles. The number of methoxy groups -OCH3 is 1. The van der Waals surface area contributed by atoms with E-state index in [1.807, 2.05) is 20.8 Å². The topological polar surface area (TPSA) is 76.8 Å². The molecule has 0 aromatic heterocycles. The number of ether oxygens (including phenoxy) is 2. The van der Waals surface area contributed by atoms with Gasteiger partial charge in [0.25, 0.3) is 0 Å². The first-order valence-corrected chi connectivity index (χ1v) is 7.66. The van der Waals surface area contributed by atoms with Gasteiger partial charge in [-0.3, -0.25) is 4.90 Å². The number of nitrogens with zero attached hydrogens (tertiary/aromatic N) is 1. The highest BCUT2D eigenvalue weighted by molar-refractivity contribution is 5.67. The molecule has 0 aliphatic heterocycles. The Morgan fingerprint density at radius 1 is 1.38 bits per heavy atom. The highest BCUT2D eigenvalue weighted by atomic mass is 16.6. The first kappa shape index (κ1) is 20.1. The van der Waals surface area contributed by atoms with Crippen molar-refractivity contribution in [3.8, 4) is 0 Å². The third-order valence-electron chi connectivity index (χ3n) is 3.33. The molecule has 1 amide bonds. The Hall–Kier alpha value is -0.850. The van der Waals surface area contributed by atoms with Crippen molar-refractivity contribution in [2.24, 2.45) is 5.73 Å². The predicted octanol–water partition coefficient (Wildman–Crippen LogP) is 1.59. The zero-order valence-corrected chi connectivity index (χ0v) is 14.4. The van der Waals surface area contributed by atoms with Crippen molar-refractivity contribution < 1.29 is 14.3 Å². The normalized spacial score (nSPS) is 14.9. The highest BCUT2D eigenvalue weighted by Crippen LogP contribution is 2.09. The molecule has 3 N–H and O–H groups in total. The van der Waals surface area contributed by atoms with E-state index >= 15 is 0 Å². The summed E-state index contributed by atoms with van der Waals surface area (Å²) in [6.07, 6.45) is 0.615. The van der Waals surface area contributed by atoms with Gasteiger partial charge in [0.05, 0.1) is 6.61 Å². The second-order valence-electron chi connectivity index (χ2n) is 6.26. The lowest BCUT2D eigenvalue weighted by Gasteiger charge is -2.35. The van der Waals surface area contributed by atoms with E-state index in [-0.39, 0.29) is 6.04 Å². The van der Waals surface area contributed by atoms with Crippen LogP contribution in [-0.2, 0) is 9.47 Å². The van der Waals surface area contributed by atoms with Crippen molar-refractivity contribution in [1.29, 1.82) is 0 Å². The van der Waals surface area contributed by atoms with Crippen LogP contribution in [0.4, 0.5) is 4.79 Å². The van der Waals surface area contributed by atoms with Gasteiger partial charge < -0.3 is 20.5 Å². The quantitative estimate of drug-likeness (QED) is 0.676. The molecular weight excluding hydrogens is 270 g/mol. The molecule has 6 heteroatoms. The molecule has 0 rings (SSSR count). The third-order valence-corrected chi connectivity index (χ3v) is 3.33. The second kappa shape index (κ2) is 9.97. The summed E-state index contributed by atoms with van der Waals surface area (Å²) in [5.74, 6) is 0. The number of nitrogens with one attached hydrogen (secondary N) is 1. The zero-order chi connectivity index (χ0) is 16.5. The smallest absolute Gasteiger partial charge is 0.407 e. The lowest BCUT2D eigenvalue weighted by molar-refractivity contribution is 0.0480. The molecule has 6 nitrogen and oxygen atoms in total. The molecule has 0 aliphatic carbocycles. The minimum absolute atomic E-state index is 0.0719. The van der Waals surface area contributed by atoms with Gasteiger partial charge in [0.1, 0.15) is 5.60 Å². The van der Waals surface area contributed by atoms with Crippen LogP contribution in [0.3, 0.4) is 0 Å². The molecule has 0 radical (unpaired) electrons. The van der Waals surface area contributed by atoms with Gasteiger partial charge in [-0.2, -0.15) is 0 Å². The molecule has 0 aromatic rings. The molecular formula is C15H33N3O3. The summed E-state index contributed by atoms with van der Waals surface area (Å²) in [6.45, 7) is 12.2. The van der Waals surface area contributed by atoms with Crippen LogP contribution in [0.25, 0.3) is 0 Å². The molecule has 0 bridgehead atoms. The van der Waals surface area contributed by atoms with E-state index in [1.54, 1.807) is 7.11 Å². The fourth-order valence-electron chi connectivity index (χ4n) is 2.05. The van der Waals surface area contributed by atoms with Crippen LogP contribution in [0.5, 0.6) is 0 Å². The number of hydrogen-bond donors (Lipinski definition) is 2. The summed E-state index contributed by atoms with van der Waals surface area (Å²) >= 11 is 0. The predicted molar refractivity (Wildman–Crippen MR) is 85.4 cm³/mol. The highest BCUT2D eigenvalue weighted by Gasteiger charge is 2.23. The van der Waals surface area contributed by atoms with Gasteiger partial charge in [-0.1, -0.05) is 6.92 Å². The Labute approximate surface area is 129 Å². The number of alkyl carbamates (subject to hydrolysis) is 1. The number of carbonyl (C=O) groups excluding carboxylic acids is 1. The standard InChI is InChI=1S/C15H33N3O3/c1-7-12(2)18(8-9-20-6)13(10-16)11-17-14(19)21-15(3,4)5/h12-13H,7-11,16H2,1-6H3,(H,17,19). The fraction of sp³-hybridized carbons (Fsp3) is 0.933. The maximum atomic E-state index is 11.7. The SMILES string of the molecule is CCC(C)N(CCOC)C(CN)CNC(=O)OC(C)(C)C. The summed E-state index contributed by atoms with van der Waals surface area (Å²) in [4.78, 5) is 14.0. The van der Waals surface area contributed by atoms with Crippen LogP contribution in [0, 0.1) is 0 Å². The molecule has 2 unspecified atom stereocenters. The Bertz CT molecular complexity index is 292. The Morgan fingerprint density at radius 2 is 2.00 bits per heavy atom. The van der Waals surface area contributed by atoms with Crippen molar-refractivity contribution in [3.05, 3.63) is 0 Å². The van der Waals surface area contributed by atoms with Crippen molar-refractivity contribution in [1.82, 2.24) is 10.2 Å². The Kier molecular flexibility index (Phi) is 9.57. The van der Waals surface area contributed by atoms with Gasteiger partial charge in [-0.15, -0.1) is 0 Å². The lowest BCUT2D eigenvalue weighted by atomic mass is 10.1. The van der Waals surface area contributed by atoms with Crippen LogP contribution in [0.2, 0.25) is 0 Å². The van der Waals surface area contributed by atoms with Crippen LogP contribution >= 0.6 is 0 Å². The van der Waals surface area contributed by atoms with Crippen molar-refractivity contribution in [2.75, 3.05) is 33.4 Å². The largest absolute Gasteiger partial charge is 0.444 e. The number of hydrogen-bond acceptors (Lipinski definition) is 5. The Morgan fingerprint density at radius 3 is 2.43 bits per heavy atom. The van der Waals surface area contributed by atoms with Gasteiger partial charge >= 0.3 is 6.09 Å². The monoisotopic (exact) mass is 303 g/mol. The first-order valence-electron chi connectivity index (χ1n) is 7.66. The van der Waals surface area contributed by atoms with Gasteiger partial charge in [-0.25, -0.2) is 4.79 Å². The van der Waals surface area contributed by atoms with E-state index < -0.39 is 11.7 Å². The molecule has 0 heterocycles. The maximum Gasteiger partial charge on any atom is 0.407 e. The number of carbonyl (C=O) groups is 1. The first-order chi connectivity index (χ1) is 9.75. The van der Waals surface area contributed by atoms with E-state index in [1.165, 1.54) is 0 Å². The summed E-state index contributed by atoms with van der Waals surface area (Å²) < 4.78 is 10.4. The molecule has 0 fully saturated rings. The summed E-state index contributed by atoms with van der Waals surface area (Å²) in [5, 5.41) is 2.80. The summed E-state index contributed by atoms with van der Waals surface area (Å²) in [5.41, 5.74) is 5.39. The number of nitrogens with two attached hydrogens (primary N) is 1. The third kappa shape index (κ3) is 8.90. The average molecular weight is 303 g/mol. The molecule has 2 atom stereocenters. The molecule has 0 spiro atoms. The van der Waals surface area contributed by atoms with Crippen LogP contribution in [-0.4, -0.2) is 62.0 Å². The number of rotatable bonds is 9. The van der Waals surface area contributed by atoms with E-state index in [4.69, 9.17) is 15.2 Å². The molecule has 0 aliphatic rings. The van der Waals surface area contributed by atoms with Crippen LogP contribution in [0.1, 0.15) is 41.0 Å². The molecule has 0 saturated heterocycles. The van der Waals surface area contributed by atoms with Crippen molar-refractivity contribution >= 4 is 6.09 Å². The minimum atomic E-state index is -0.491. The zero-order valence-electron chi connectivity index (χ0n) is 14.4. The van der Waals surface area contributed by atoms with Crippen LogP contribution < -0.4 is 11.1 Å². The summed E-state index contributed by atoms with van der Waals surface area (Å²) in [7, 11) is 1.69. The van der Waals surface area contributed by atoms with Gasteiger partial charge in [0, 0.05) is 38.8 Å². The van der Waals surface area contributed by atoms with Gasteiger partial charge in [0.15, 0.2) is 0 Å². The minimum Gasteiger partial charge on any atom is -0.444 e. The lowest BCUT2D eigenvalue weighted by Crippen LogP contribution is -2.52. The maximum absolute atomic E-state index is 11.7. The van der Waals surface area contributed by atoms with Crippen LogP contribution in [0.15, 0.2) is 0 Å². The summed E-state index contributed by atoms with van der Waals surface area (Å²) in [6, 6.07) is 0.455. The van der Waals surface area contributed by atoms with E-state index in [2.05, 4.69) is 24.1 Å². The van der Waals surface area contributed by atoms with Crippen molar-refractivity contribution in [2.45, 2.75) is 58.7 Å². The van der Waals surface area contributed by atoms with Gasteiger partial charge in [0.2, 0.25) is 0 Å². The van der Waals surface area contributed by atoms with Crippen molar-refractivity contribution in [3.63, 3.8) is 0 Å². The molecule has 21 heavy (non-hydrogen) atoms. The van der Waals surface area contributed by atoms with E-state index in [0.717, 1.165) is 13.0 Å². The number of amides is 1. The average Bonchev–Trinajstić information content (AvgIpc) is 2.39. The van der Waals surface area contributed by atoms with Gasteiger partial charge in [-0.05, 0) is 34.1 Å². The van der Waals surface area contributed by atoms with E-state index in [0.29, 0.717) is 25.7 Å². The molecule has 126 valence electrons. The Balaban J connectivity index is 4.52. The van der Waals surface area contributed by atoms with E-state index in [9.17, 15) is 4.79 Å². The molecule has 0 aromatic carbocycles. The fourth-order valence-corrected chi connectivity index (χ4v) is 2.05.